The van der Waals surface area contributed by atoms with Gasteiger partial charge in [0.25, 0.3) is 0 Å². The third kappa shape index (κ3) is 2.88. The van der Waals surface area contributed by atoms with Gasteiger partial charge in [-0.3, -0.25) is 9.59 Å². The predicted octanol–water partition coefficient (Wildman–Crippen LogP) is 2.23. The van der Waals surface area contributed by atoms with E-state index in [1.54, 1.807) is 24.2 Å². The summed E-state index contributed by atoms with van der Waals surface area (Å²) >= 11 is 0. The molecule has 7 heteroatoms. The summed E-state index contributed by atoms with van der Waals surface area (Å²) in [4.78, 5) is 30.2. The lowest BCUT2D eigenvalue weighted by molar-refractivity contribution is -0.143. The minimum atomic E-state index is -0.702. The van der Waals surface area contributed by atoms with Gasteiger partial charge >= 0.3 is 0 Å². The minimum Gasteiger partial charge on any atom is -0.360 e. The van der Waals surface area contributed by atoms with Crippen molar-refractivity contribution in [1.82, 2.24) is 15.0 Å². The molecule has 3 aliphatic rings. The monoisotopic (exact) mass is 407 g/mol. The number of amides is 2. The number of rotatable bonds is 5. The first kappa shape index (κ1) is 19.1. The number of ether oxygens (including phenoxy) is 1. The Morgan fingerprint density at radius 1 is 1.33 bits per heavy atom. The van der Waals surface area contributed by atoms with E-state index in [1.165, 1.54) is 5.56 Å². The van der Waals surface area contributed by atoms with Crippen LogP contribution < -0.4 is 0 Å². The molecule has 2 bridgehead atoms. The molecule has 0 unspecified atom stereocenters. The zero-order valence-electron chi connectivity index (χ0n) is 17.4. The lowest BCUT2D eigenvalue weighted by atomic mass is 9.76. The van der Waals surface area contributed by atoms with E-state index in [4.69, 9.17) is 9.26 Å². The van der Waals surface area contributed by atoms with Gasteiger partial charge < -0.3 is 19.1 Å². The van der Waals surface area contributed by atoms with Crippen molar-refractivity contribution in [2.75, 3.05) is 13.6 Å². The Morgan fingerprint density at radius 2 is 2.17 bits per heavy atom. The molecule has 3 aliphatic heterocycles. The first-order valence-corrected chi connectivity index (χ1v) is 10.2. The second-order valence-electron chi connectivity index (χ2n) is 8.70. The lowest BCUT2D eigenvalue weighted by Crippen LogP contribution is -2.44. The van der Waals surface area contributed by atoms with Crippen LogP contribution in [-0.4, -0.2) is 52.1 Å². The van der Waals surface area contributed by atoms with Crippen LogP contribution in [0.1, 0.15) is 22.5 Å². The average Bonchev–Trinajstić information content (AvgIpc) is 3.47. The van der Waals surface area contributed by atoms with Gasteiger partial charge in [0.05, 0.1) is 37.2 Å². The molecule has 1 aromatic carbocycles. The Bertz CT molecular complexity index is 1030. The maximum atomic E-state index is 13.4. The summed E-state index contributed by atoms with van der Waals surface area (Å²) in [7, 11) is 1.72. The quantitative estimate of drug-likeness (QED) is 0.711. The van der Waals surface area contributed by atoms with Gasteiger partial charge in [-0.2, -0.15) is 0 Å². The number of aromatic nitrogens is 1. The zero-order valence-corrected chi connectivity index (χ0v) is 17.4. The molecule has 2 aromatic rings. The SMILES string of the molecule is Cc1ccc(C)c(CN2C[C@]34C=C[C@H](O3)[C@@H](C(=O)N(C)Cc3ccno3)[C@H]4C2=O)c1. The van der Waals surface area contributed by atoms with Crippen molar-refractivity contribution in [3.05, 3.63) is 65.1 Å². The van der Waals surface area contributed by atoms with Crippen molar-refractivity contribution in [3.8, 4) is 0 Å². The molecular weight excluding hydrogens is 382 g/mol. The van der Waals surface area contributed by atoms with Crippen LogP contribution in [0.25, 0.3) is 0 Å². The minimum absolute atomic E-state index is 0.00540. The second-order valence-corrected chi connectivity index (χ2v) is 8.70. The zero-order chi connectivity index (χ0) is 21.0. The summed E-state index contributed by atoms with van der Waals surface area (Å²) < 4.78 is 11.4. The summed E-state index contributed by atoms with van der Waals surface area (Å²) in [5.74, 6) is -0.500. The normalized spacial score (nSPS) is 29.0. The number of aryl methyl sites for hydroxylation is 2. The highest BCUT2D eigenvalue weighted by Crippen LogP contribution is 2.52. The number of fused-ring (bicyclic) bond motifs is 1. The Hall–Kier alpha value is -2.93. The fourth-order valence-corrected chi connectivity index (χ4v) is 5.06. The Labute approximate surface area is 175 Å². The van der Waals surface area contributed by atoms with Crippen molar-refractivity contribution in [1.29, 1.82) is 0 Å². The first-order chi connectivity index (χ1) is 14.4. The van der Waals surface area contributed by atoms with E-state index in [1.807, 2.05) is 17.1 Å². The van der Waals surface area contributed by atoms with Gasteiger partial charge in [0.1, 0.15) is 5.60 Å². The lowest BCUT2D eigenvalue weighted by Gasteiger charge is -2.27. The molecule has 0 N–H and O–H groups in total. The van der Waals surface area contributed by atoms with Crippen LogP contribution in [0.2, 0.25) is 0 Å². The summed E-state index contributed by atoms with van der Waals surface area (Å²) in [6.07, 6.45) is 5.13. The molecule has 2 saturated heterocycles. The van der Waals surface area contributed by atoms with Crippen LogP contribution in [0.4, 0.5) is 0 Å². The standard InChI is InChI=1S/C23H25N3O4/c1-14-4-5-15(2)16(10-14)11-26-13-23-8-6-18(29-23)19(20(23)22(26)28)21(27)25(3)12-17-7-9-24-30-17/h4-10,18-20H,11-13H2,1-3H3/t18-,19+,20-,23-/m0/s1. The number of carbonyl (C=O) groups is 2. The Kier molecular flexibility index (Phi) is 4.32. The first-order valence-electron chi connectivity index (χ1n) is 10.2. The maximum absolute atomic E-state index is 13.4. The molecule has 1 spiro atoms. The van der Waals surface area contributed by atoms with Crippen LogP contribution in [0.3, 0.4) is 0 Å². The van der Waals surface area contributed by atoms with E-state index >= 15 is 0 Å². The topological polar surface area (TPSA) is 75.9 Å². The van der Waals surface area contributed by atoms with Gasteiger partial charge in [-0.1, -0.05) is 41.1 Å². The van der Waals surface area contributed by atoms with Gasteiger partial charge in [0, 0.05) is 19.7 Å². The van der Waals surface area contributed by atoms with Gasteiger partial charge in [0.15, 0.2) is 5.76 Å². The van der Waals surface area contributed by atoms with Gasteiger partial charge in [-0.15, -0.1) is 0 Å². The molecule has 4 atom stereocenters. The van der Waals surface area contributed by atoms with Crippen LogP contribution in [0, 0.1) is 25.7 Å². The van der Waals surface area contributed by atoms with E-state index in [9.17, 15) is 9.59 Å². The number of hydrogen-bond donors (Lipinski definition) is 0. The van der Waals surface area contributed by atoms with Crippen molar-refractivity contribution in [3.63, 3.8) is 0 Å². The van der Waals surface area contributed by atoms with Crippen LogP contribution in [0.15, 0.2) is 47.1 Å². The highest BCUT2D eigenvalue weighted by molar-refractivity contribution is 5.93. The third-order valence-electron chi connectivity index (χ3n) is 6.59. The van der Waals surface area contributed by atoms with Gasteiger partial charge in [-0.05, 0) is 25.0 Å². The molecule has 30 heavy (non-hydrogen) atoms. The van der Waals surface area contributed by atoms with Gasteiger partial charge in [-0.25, -0.2) is 0 Å². The van der Waals surface area contributed by atoms with Crippen molar-refractivity contribution in [2.24, 2.45) is 11.8 Å². The van der Waals surface area contributed by atoms with E-state index in [0.29, 0.717) is 25.4 Å². The molecule has 0 radical (unpaired) electrons. The van der Waals surface area contributed by atoms with Crippen molar-refractivity contribution >= 4 is 11.8 Å². The fourth-order valence-electron chi connectivity index (χ4n) is 5.06. The summed E-state index contributed by atoms with van der Waals surface area (Å²) in [5, 5.41) is 3.69. The summed E-state index contributed by atoms with van der Waals surface area (Å²) in [6.45, 7) is 5.43. The number of nitrogens with zero attached hydrogens (tertiary/aromatic N) is 3. The molecule has 5 rings (SSSR count). The van der Waals surface area contributed by atoms with Crippen molar-refractivity contribution < 1.29 is 18.8 Å². The third-order valence-corrected chi connectivity index (χ3v) is 6.59. The molecule has 1 aromatic heterocycles. The van der Waals surface area contributed by atoms with E-state index in [-0.39, 0.29) is 17.9 Å². The van der Waals surface area contributed by atoms with E-state index < -0.39 is 17.4 Å². The van der Waals surface area contributed by atoms with E-state index in [2.05, 4.69) is 37.2 Å². The fraction of sp³-hybridized carbons (Fsp3) is 0.435. The molecule has 4 heterocycles. The predicted molar refractivity (Wildman–Crippen MR) is 108 cm³/mol. The number of carbonyl (C=O) groups excluding carboxylic acids is 2. The highest BCUT2D eigenvalue weighted by Gasteiger charge is 2.67. The number of likely N-dealkylation sites (tertiary alicyclic amines) is 1. The molecule has 2 amide bonds. The van der Waals surface area contributed by atoms with E-state index in [0.717, 1.165) is 11.1 Å². The number of benzene rings is 1. The molecule has 0 aliphatic carbocycles. The molecule has 2 fully saturated rings. The smallest absolute Gasteiger partial charge is 0.230 e. The molecule has 156 valence electrons. The second kappa shape index (κ2) is 6.80. The van der Waals surface area contributed by atoms with Gasteiger partial charge in [0.2, 0.25) is 11.8 Å². The van der Waals surface area contributed by atoms with Crippen molar-refractivity contribution in [2.45, 2.75) is 38.6 Å². The Balaban J connectivity index is 1.38. The van der Waals surface area contributed by atoms with Crippen LogP contribution in [-0.2, 0) is 27.4 Å². The molecular formula is C23H25N3O4. The highest BCUT2D eigenvalue weighted by atomic mass is 16.5. The largest absolute Gasteiger partial charge is 0.360 e. The van der Waals surface area contributed by atoms with Crippen LogP contribution >= 0.6 is 0 Å². The maximum Gasteiger partial charge on any atom is 0.230 e. The summed E-state index contributed by atoms with van der Waals surface area (Å²) in [6, 6.07) is 8.01. The van der Waals surface area contributed by atoms with Crippen LogP contribution in [0.5, 0.6) is 0 Å². The molecule has 0 saturated carbocycles. The Morgan fingerprint density at radius 3 is 2.93 bits per heavy atom. The average molecular weight is 407 g/mol. The molecule has 7 nitrogen and oxygen atoms in total. The summed E-state index contributed by atoms with van der Waals surface area (Å²) in [5.41, 5.74) is 2.75. The number of hydrogen-bond acceptors (Lipinski definition) is 5.